The van der Waals surface area contributed by atoms with Crippen LogP contribution < -0.4 is 15.2 Å². The number of benzene rings is 1. The Hall–Kier alpha value is -3.37. The van der Waals surface area contributed by atoms with Crippen molar-refractivity contribution >= 4 is 23.5 Å². The summed E-state index contributed by atoms with van der Waals surface area (Å²) in [6, 6.07) is 2.17. The van der Waals surface area contributed by atoms with Crippen molar-refractivity contribution in [1.82, 2.24) is 4.90 Å². The van der Waals surface area contributed by atoms with E-state index in [4.69, 9.17) is 19.9 Å². The molecule has 0 bridgehead atoms. The number of carbonyl (C=O) groups is 3. The zero-order chi connectivity index (χ0) is 20.8. The summed E-state index contributed by atoms with van der Waals surface area (Å²) in [6.07, 6.45) is 0.881. The number of hydrogen-bond acceptors (Lipinski definition) is 8. The highest BCUT2D eigenvalue weighted by molar-refractivity contribution is 5.96. The molecule has 0 unspecified atom stereocenters. The Morgan fingerprint density at radius 3 is 2.25 bits per heavy atom. The van der Waals surface area contributed by atoms with E-state index in [0.717, 1.165) is 12.1 Å². The summed E-state index contributed by atoms with van der Waals surface area (Å²) in [4.78, 5) is 47.6. The summed E-state index contributed by atoms with van der Waals surface area (Å²) < 4.78 is 15.0. The normalized spacial score (nSPS) is 14.3. The first-order valence-electron chi connectivity index (χ1n) is 8.43. The largest absolute Gasteiger partial charge is 0.493 e. The van der Waals surface area contributed by atoms with Gasteiger partial charge in [-0.05, 0) is 12.8 Å². The third-order valence-corrected chi connectivity index (χ3v) is 4.50. The van der Waals surface area contributed by atoms with Crippen molar-refractivity contribution in [2.45, 2.75) is 12.8 Å². The van der Waals surface area contributed by atoms with E-state index in [9.17, 15) is 24.5 Å². The first-order chi connectivity index (χ1) is 13.3. The first kappa shape index (κ1) is 20.9. The van der Waals surface area contributed by atoms with Crippen molar-refractivity contribution < 1.29 is 33.5 Å². The van der Waals surface area contributed by atoms with E-state index in [1.54, 1.807) is 0 Å². The third kappa shape index (κ3) is 4.67. The number of likely N-dealkylation sites (tertiary alicyclic amines) is 1. The maximum Gasteiger partial charge on any atom is 0.345 e. The van der Waals surface area contributed by atoms with Gasteiger partial charge in [0.25, 0.3) is 11.6 Å². The lowest BCUT2D eigenvalue weighted by Gasteiger charge is -2.30. The fraction of sp³-hybridized carbons (Fsp3) is 0.471. The minimum atomic E-state index is -1.03. The molecule has 2 amide bonds. The second-order valence-corrected chi connectivity index (χ2v) is 6.12. The van der Waals surface area contributed by atoms with Crippen molar-refractivity contribution in [3.05, 3.63) is 27.8 Å². The summed E-state index contributed by atoms with van der Waals surface area (Å²) >= 11 is 0. The number of nitrogens with two attached hydrogens (primary N) is 1. The third-order valence-electron chi connectivity index (χ3n) is 4.50. The summed E-state index contributed by atoms with van der Waals surface area (Å²) in [5, 5.41) is 11.3. The number of hydrogen-bond donors (Lipinski definition) is 1. The molecule has 28 heavy (non-hydrogen) atoms. The van der Waals surface area contributed by atoms with E-state index < -0.39 is 35.0 Å². The Balaban J connectivity index is 2.05. The number of nitro benzene ring substituents is 1. The predicted octanol–water partition coefficient (Wildman–Crippen LogP) is 0.493. The van der Waals surface area contributed by atoms with Crippen LogP contribution in [0.2, 0.25) is 0 Å². The Kier molecular flexibility index (Phi) is 6.74. The quantitative estimate of drug-likeness (QED) is 0.398. The first-order valence-corrected chi connectivity index (χ1v) is 8.43. The van der Waals surface area contributed by atoms with Gasteiger partial charge in [0.1, 0.15) is 5.56 Å². The van der Waals surface area contributed by atoms with Gasteiger partial charge < -0.3 is 24.8 Å². The number of ether oxygens (including phenoxy) is 3. The van der Waals surface area contributed by atoms with Crippen molar-refractivity contribution in [2.75, 3.05) is 33.9 Å². The molecule has 0 spiro atoms. The van der Waals surface area contributed by atoms with Gasteiger partial charge in [0.15, 0.2) is 18.1 Å². The average molecular weight is 395 g/mol. The second-order valence-electron chi connectivity index (χ2n) is 6.12. The average Bonchev–Trinajstić information content (AvgIpc) is 2.70. The number of primary amides is 1. The van der Waals surface area contributed by atoms with E-state index in [0.29, 0.717) is 25.9 Å². The predicted molar refractivity (Wildman–Crippen MR) is 95.0 cm³/mol. The highest BCUT2D eigenvalue weighted by atomic mass is 16.6. The minimum Gasteiger partial charge on any atom is -0.493 e. The van der Waals surface area contributed by atoms with Crippen molar-refractivity contribution in [3.8, 4) is 11.5 Å². The van der Waals surface area contributed by atoms with Crippen LogP contribution in [0.15, 0.2) is 12.1 Å². The van der Waals surface area contributed by atoms with E-state index in [1.165, 1.54) is 19.1 Å². The Morgan fingerprint density at radius 2 is 1.75 bits per heavy atom. The minimum absolute atomic E-state index is 0.0825. The zero-order valence-corrected chi connectivity index (χ0v) is 15.5. The molecule has 2 N–H and O–H groups in total. The molecule has 0 radical (unpaired) electrons. The van der Waals surface area contributed by atoms with Crippen LogP contribution in [0.1, 0.15) is 23.2 Å². The fourth-order valence-electron chi connectivity index (χ4n) is 2.89. The molecule has 0 aliphatic carbocycles. The molecule has 11 nitrogen and oxygen atoms in total. The zero-order valence-electron chi connectivity index (χ0n) is 15.5. The molecule has 2 rings (SSSR count). The molecule has 1 aromatic carbocycles. The van der Waals surface area contributed by atoms with Crippen LogP contribution in [-0.4, -0.2) is 61.5 Å². The SMILES string of the molecule is COc1cc(C(=O)OCC(=O)N2CCC(C(N)=O)CC2)c([N+](=O)[O-])cc1OC. The summed E-state index contributed by atoms with van der Waals surface area (Å²) in [5.74, 6) is -1.98. The van der Waals surface area contributed by atoms with E-state index >= 15 is 0 Å². The number of carbonyl (C=O) groups excluding carboxylic acids is 3. The number of rotatable bonds is 7. The lowest BCUT2D eigenvalue weighted by Crippen LogP contribution is -2.43. The molecule has 0 atom stereocenters. The molecule has 0 saturated carbocycles. The van der Waals surface area contributed by atoms with Gasteiger partial charge in [-0.25, -0.2) is 4.79 Å². The Labute approximate surface area is 160 Å². The summed E-state index contributed by atoms with van der Waals surface area (Å²) in [6.45, 7) is 0.0621. The molecule has 11 heteroatoms. The van der Waals surface area contributed by atoms with E-state index in [2.05, 4.69) is 0 Å². The molecule has 152 valence electrons. The molecule has 1 aromatic rings. The Bertz CT molecular complexity index is 787. The molecular formula is C17H21N3O8. The van der Waals surface area contributed by atoms with Gasteiger partial charge in [-0.3, -0.25) is 19.7 Å². The van der Waals surface area contributed by atoms with Crippen molar-refractivity contribution in [1.29, 1.82) is 0 Å². The smallest absolute Gasteiger partial charge is 0.345 e. The monoisotopic (exact) mass is 395 g/mol. The van der Waals surface area contributed by atoms with Gasteiger partial charge in [-0.2, -0.15) is 0 Å². The molecule has 1 heterocycles. The Morgan fingerprint density at radius 1 is 1.18 bits per heavy atom. The highest BCUT2D eigenvalue weighted by Gasteiger charge is 2.29. The van der Waals surface area contributed by atoms with Crippen LogP contribution in [0.5, 0.6) is 11.5 Å². The topological polar surface area (TPSA) is 151 Å². The second kappa shape index (κ2) is 9.02. The maximum atomic E-state index is 12.3. The van der Waals surface area contributed by atoms with Crippen LogP contribution in [0.3, 0.4) is 0 Å². The maximum absolute atomic E-state index is 12.3. The lowest BCUT2D eigenvalue weighted by molar-refractivity contribution is -0.385. The lowest BCUT2D eigenvalue weighted by atomic mass is 9.96. The molecule has 1 aliphatic rings. The van der Waals surface area contributed by atoms with Gasteiger partial charge in [-0.1, -0.05) is 0 Å². The van der Waals surface area contributed by atoms with Gasteiger partial charge in [0.2, 0.25) is 5.91 Å². The fourth-order valence-corrected chi connectivity index (χ4v) is 2.89. The molecule has 1 fully saturated rings. The summed E-state index contributed by atoms with van der Waals surface area (Å²) in [5.41, 5.74) is 4.36. The summed E-state index contributed by atoms with van der Waals surface area (Å²) in [7, 11) is 2.62. The van der Waals surface area contributed by atoms with Crippen molar-refractivity contribution in [2.24, 2.45) is 11.7 Å². The van der Waals surface area contributed by atoms with Gasteiger partial charge >= 0.3 is 5.97 Å². The van der Waals surface area contributed by atoms with Crippen LogP contribution in [0.4, 0.5) is 5.69 Å². The standard InChI is InChI=1S/C17H21N3O8/c1-26-13-7-11(12(20(24)25)8-14(13)27-2)17(23)28-9-15(21)19-5-3-10(4-6-19)16(18)22/h7-8,10H,3-6,9H2,1-2H3,(H2,18,22). The van der Waals surface area contributed by atoms with Gasteiger partial charge in [0.05, 0.1) is 25.2 Å². The van der Waals surface area contributed by atoms with E-state index in [1.807, 2.05) is 0 Å². The van der Waals surface area contributed by atoms with Gasteiger partial charge in [-0.15, -0.1) is 0 Å². The van der Waals surface area contributed by atoms with Gasteiger partial charge in [0, 0.05) is 25.1 Å². The number of nitrogens with zero attached hydrogens (tertiary/aromatic N) is 2. The number of nitro groups is 1. The number of piperidine rings is 1. The highest BCUT2D eigenvalue weighted by Crippen LogP contribution is 2.34. The van der Waals surface area contributed by atoms with Crippen LogP contribution >= 0.6 is 0 Å². The number of amides is 2. The molecule has 1 aliphatic heterocycles. The van der Waals surface area contributed by atoms with Crippen LogP contribution in [-0.2, 0) is 14.3 Å². The van der Waals surface area contributed by atoms with E-state index in [-0.39, 0.29) is 23.0 Å². The van der Waals surface area contributed by atoms with Crippen molar-refractivity contribution in [3.63, 3.8) is 0 Å². The molecule has 0 aromatic heterocycles. The molecule has 1 saturated heterocycles. The van der Waals surface area contributed by atoms with Crippen LogP contribution in [0, 0.1) is 16.0 Å². The number of methoxy groups -OCH3 is 2. The number of esters is 1. The molecular weight excluding hydrogens is 374 g/mol. The van der Waals surface area contributed by atoms with Crippen LogP contribution in [0.25, 0.3) is 0 Å².